The summed E-state index contributed by atoms with van der Waals surface area (Å²) in [4.78, 5) is 4.69. The maximum absolute atomic E-state index is 12.4. The Labute approximate surface area is 141 Å². The summed E-state index contributed by atoms with van der Waals surface area (Å²) in [5.74, 6) is 0.320. The molecular formula is C18H25F3N2O. The lowest BCUT2D eigenvalue weighted by molar-refractivity contribution is -0.153. The molecule has 2 aliphatic rings. The predicted octanol–water partition coefficient (Wildman–Crippen LogP) is 4.08. The van der Waals surface area contributed by atoms with Gasteiger partial charge in [-0.3, -0.25) is 4.90 Å². The molecule has 1 aromatic carbocycles. The van der Waals surface area contributed by atoms with Crippen LogP contribution in [-0.4, -0.2) is 49.9 Å². The third-order valence-electron chi connectivity index (χ3n) is 5.00. The van der Waals surface area contributed by atoms with E-state index in [-0.39, 0.29) is 0 Å². The topological polar surface area (TPSA) is 15.7 Å². The fraction of sp³-hybridized carbons (Fsp3) is 0.667. The highest BCUT2D eigenvalue weighted by Gasteiger charge is 2.30. The van der Waals surface area contributed by atoms with E-state index in [1.807, 2.05) is 12.1 Å². The standard InChI is InChI=1S/C18H25F3N2O/c19-18(20,21)14-24-17-9-5-4-8-16(17)23-12-10-22(11-13-23)15-6-2-1-3-7-15/h4-5,8-9,15H,1-3,6-7,10-14H2. The summed E-state index contributed by atoms with van der Waals surface area (Å²) >= 11 is 0. The van der Waals surface area contributed by atoms with Crippen LogP contribution in [0.2, 0.25) is 0 Å². The number of para-hydroxylation sites is 2. The zero-order chi connectivity index (χ0) is 17.0. The maximum atomic E-state index is 12.4. The lowest BCUT2D eigenvalue weighted by Gasteiger charge is -2.41. The first-order chi connectivity index (χ1) is 11.5. The Morgan fingerprint density at radius 1 is 0.958 bits per heavy atom. The van der Waals surface area contributed by atoms with E-state index in [4.69, 9.17) is 4.74 Å². The van der Waals surface area contributed by atoms with Crippen molar-refractivity contribution in [2.24, 2.45) is 0 Å². The van der Waals surface area contributed by atoms with Crippen molar-refractivity contribution in [1.29, 1.82) is 0 Å². The Hall–Kier alpha value is -1.43. The number of anilines is 1. The number of hydrogen-bond acceptors (Lipinski definition) is 3. The predicted molar refractivity (Wildman–Crippen MR) is 88.7 cm³/mol. The van der Waals surface area contributed by atoms with E-state index in [1.165, 1.54) is 32.1 Å². The molecule has 0 spiro atoms. The van der Waals surface area contributed by atoms with Gasteiger partial charge in [-0.2, -0.15) is 13.2 Å². The number of alkyl halides is 3. The summed E-state index contributed by atoms with van der Waals surface area (Å²) in [5.41, 5.74) is 0.769. The van der Waals surface area contributed by atoms with Gasteiger partial charge in [0, 0.05) is 32.2 Å². The van der Waals surface area contributed by atoms with Crippen molar-refractivity contribution in [1.82, 2.24) is 4.90 Å². The van der Waals surface area contributed by atoms with Gasteiger partial charge in [0.1, 0.15) is 5.75 Å². The van der Waals surface area contributed by atoms with Crippen LogP contribution in [0.5, 0.6) is 5.75 Å². The minimum Gasteiger partial charge on any atom is -0.482 e. The van der Waals surface area contributed by atoms with E-state index in [9.17, 15) is 13.2 Å². The summed E-state index contributed by atoms with van der Waals surface area (Å²) in [6.45, 7) is 2.37. The Morgan fingerprint density at radius 3 is 2.29 bits per heavy atom. The van der Waals surface area contributed by atoms with Crippen LogP contribution in [0.4, 0.5) is 18.9 Å². The minimum absolute atomic E-state index is 0.320. The van der Waals surface area contributed by atoms with Gasteiger partial charge in [0.15, 0.2) is 6.61 Å². The van der Waals surface area contributed by atoms with Crippen LogP contribution in [0.15, 0.2) is 24.3 Å². The van der Waals surface area contributed by atoms with Crippen molar-refractivity contribution < 1.29 is 17.9 Å². The lowest BCUT2D eigenvalue weighted by atomic mass is 9.94. The van der Waals surface area contributed by atoms with E-state index >= 15 is 0 Å². The van der Waals surface area contributed by atoms with Gasteiger partial charge in [-0.25, -0.2) is 0 Å². The van der Waals surface area contributed by atoms with Crippen LogP contribution < -0.4 is 9.64 Å². The second-order valence-electron chi connectivity index (χ2n) is 6.69. The molecule has 1 aliphatic carbocycles. The van der Waals surface area contributed by atoms with Crippen LogP contribution in [0, 0.1) is 0 Å². The second-order valence-corrected chi connectivity index (χ2v) is 6.69. The van der Waals surface area contributed by atoms with Crippen LogP contribution in [0.3, 0.4) is 0 Å². The Bertz CT molecular complexity index is 521. The summed E-state index contributed by atoms with van der Waals surface area (Å²) in [5, 5.41) is 0. The van der Waals surface area contributed by atoms with Crippen molar-refractivity contribution >= 4 is 5.69 Å². The molecule has 134 valence electrons. The molecule has 0 aromatic heterocycles. The largest absolute Gasteiger partial charge is 0.482 e. The normalized spacial score (nSPS) is 21.0. The summed E-state index contributed by atoms with van der Waals surface area (Å²) in [6.07, 6.45) is 2.24. The monoisotopic (exact) mass is 342 g/mol. The number of halogens is 3. The quantitative estimate of drug-likeness (QED) is 0.820. The van der Waals surface area contributed by atoms with Gasteiger partial charge in [-0.05, 0) is 25.0 Å². The van der Waals surface area contributed by atoms with Gasteiger partial charge in [-0.1, -0.05) is 31.4 Å². The fourth-order valence-corrected chi connectivity index (χ4v) is 3.77. The molecule has 1 saturated carbocycles. The van der Waals surface area contributed by atoms with Gasteiger partial charge in [-0.15, -0.1) is 0 Å². The van der Waals surface area contributed by atoms with Gasteiger partial charge in [0.2, 0.25) is 0 Å². The van der Waals surface area contributed by atoms with Crippen LogP contribution in [0.25, 0.3) is 0 Å². The zero-order valence-electron chi connectivity index (χ0n) is 13.9. The smallest absolute Gasteiger partial charge is 0.422 e. The molecule has 3 rings (SSSR count). The first-order valence-corrected chi connectivity index (χ1v) is 8.80. The van der Waals surface area contributed by atoms with E-state index < -0.39 is 12.8 Å². The first-order valence-electron chi connectivity index (χ1n) is 8.80. The highest BCUT2D eigenvalue weighted by molar-refractivity contribution is 5.58. The van der Waals surface area contributed by atoms with Gasteiger partial charge >= 0.3 is 6.18 Å². The molecule has 0 radical (unpaired) electrons. The number of hydrogen-bond donors (Lipinski definition) is 0. The molecule has 1 aliphatic heterocycles. The van der Waals surface area contributed by atoms with Gasteiger partial charge < -0.3 is 9.64 Å². The van der Waals surface area contributed by atoms with Crippen molar-refractivity contribution in [3.05, 3.63) is 24.3 Å². The molecule has 6 heteroatoms. The van der Waals surface area contributed by atoms with E-state index in [0.717, 1.165) is 31.9 Å². The molecule has 24 heavy (non-hydrogen) atoms. The van der Waals surface area contributed by atoms with Crippen LogP contribution in [0.1, 0.15) is 32.1 Å². The number of rotatable bonds is 4. The van der Waals surface area contributed by atoms with Crippen molar-refractivity contribution in [2.45, 2.75) is 44.3 Å². The molecule has 0 bridgehead atoms. The molecule has 0 atom stereocenters. The van der Waals surface area contributed by atoms with E-state index in [2.05, 4.69) is 9.80 Å². The molecule has 0 amide bonds. The highest BCUT2D eigenvalue weighted by atomic mass is 19.4. The third kappa shape index (κ3) is 4.56. The zero-order valence-corrected chi connectivity index (χ0v) is 13.9. The van der Waals surface area contributed by atoms with Crippen LogP contribution in [-0.2, 0) is 0 Å². The Morgan fingerprint density at radius 2 is 1.62 bits per heavy atom. The molecule has 1 heterocycles. The third-order valence-corrected chi connectivity index (χ3v) is 5.00. The molecule has 3 nitrogen and oxygen atoms in total. The molecule has 1 aromatic rings. The first kappa shape index (κ1) is 17.4. The molecule has 0 N–H and O–H groups in total. The Balaban J connectivity index is 1.59. The molecular weight excluding hydrogens is 317 g/mol. The summed E-state index contributed by atoms with van der Waals surface area (Å²) in [7, 11) is 0. The molecule has 1 saturated heterocycles. The number of ether oxygens (including phenoxy) is 1. The van der Waals surface area contributed by atoms with E-state index in [0.29, 0.717) is 11.8 Å². The van der Waals surface area contributed by atoms with Crippen molar-refractivity contribution in [2.75, 3.05) is 37.7 Å². The molecule has 2 fully saturated rings. The SMILES string of the molecule is FC(F)(F)COc1ccccc1N1CCN(C2CCCCC2)CC1. The van der Waals surface area contributed by atoms with Gasteiger partial charge in [0.05, 0.1) is 5.69 Å². The highest BCUT2D eigenvalue weighted by Crippen LogP contribution is 2.31. The average Bonchev–Trinajstić information content (AvgIpc) is 2.61. The molecule has 0 unspecified atom stereocenters. The van der Waals surface area contributed by atoms with Gasteiger partial charge in [0.25, 0.3) is 0 Å². The number of nitrogens with zero attached hydrogens (tertiary/aromatic N) is 2. The summed E-state index contributed by atoms with van der Waals surface area (Å²) < 4.78 is 42.3. The van der Waals surface area contributed by atoms with Crippen molar-refractivity contribution in [3.8, 4) is 5.75 Å². The van der Waals surface area contributed by atoms with Crippen molar-refractivity contribution in [3.63, 3.8) is 0 Å². The lowest BCUT2D eigenvalue weighted by Crippen LogP contribution is -2.51. The number of benzene rings is 1. The Kier molecular flexibility index (Phi) is 5.54. The maximum Gasteiger partial charge on any atom is 0.422 e. The second kappa shape index (κ2) is 7.64. The average molecular weight is 342 g/mol. The van der Waals surface area contributed by atoms with E-state index in [1.54, 1.807) is 12.1 Å². The fourth-order valence-electron chi connectivity index (χ4n) is 3.77. The minimum atomic E-state index is -4.31. The van der Waals surface area contributed by atoms with Crippen LogP contribution >= 0.6 is 0 Å². The summed E-state index contributed by atoms with van der Waals surface area (Å²) in [6, 6.07) is 7.73. The number of piperazine rings is 1.